The smallest absolute Gasteiger partial charge is 0.242 e. The maximum atomic E-state index is 11.5. The normalized spacial score (nSPS) is 24.8. The lowest BCUT2D eigenvalue weighted by molar-refractivity contribution is -0.144. The highest BCUT2D eigenvalue weighted by atomic mass is 32.2. The molecule has 1 aliphatic heterocycles. The van der Waals surface area contributed by atoms with Gasteiger partial charge < -0.3 is 10.2 Å². The minimum Gasteiger partial charge on any atom is -0.345 e. The van der Waals surface area contributed by atoms with Gasteiger partial charge in [0.2, 0.25) is 11.8 Å². The fourth-order valence-electron chi connectivity index (χ4n) is 1.38. The van der Waals surface area contributed by atoms with Gasteiger partial charge in [0.05, 0.1) is 6.54 Å². The van der Waals surface area contributed by atoms with Crippen LogP contribution in [-0.2, 0) is 9.59 Å². The van der Waals surface area contributed by atoms with E-state index in [1.165, 1.54) is 0 Å². The molecule has 14 heavy (non-hydrogen) atoms. The van der Waals surface area contributed by atoms with E-state index in [4.69, 9.17) is 0 Å². The SMILES string of the molecule is CSC(C)CN1C(=O)CNC(=O)C1C. The van der Waals surface area contributed by atoms with Crippen LogP contribution in [0, 0.1) is 0 Å². The summed E-state index contributed by atoms with van der Waals surface area (Å²) in [7, 11) is 0. The molecule has 0 aliphatic carbocycles. The molecule has 1 rings (SSSR count). The van der Waals surface area contributed by atoms with E-state index in [9.17, 15) is 9.59 Å². The van der Waals surface area contributed by atoms with Gasteiger partial charge in [-0.3, -0.25) is 9.59 Å². The zero-order chi connectivity index (χ0) is 10.7. The molecule has 1 fully saturated rings. The molecular formula is C9H16N2O2S. The topological polar surface area (TPSA) is 49.4 Å². The van der Waals surface area contributed by atoms with Crippen LogP contribution in [-0.4, -0.2) is 47.4 Å². The van der Waals surface area contributed by atoms with Crippen molar-refractivity contribution in [3.63, 3.8) is 0 Å². The Hall–Kier alpha value is -0.710. The molecule has 4 nitrogen and oxygen atoms in total. The third-order valence-electron chi connectivity index (χ3n) is 2.44. The Morgan fingerprint density at radius 1 is 1.64 bits per heavy atom. The van der Waals surface area contributed by atoms with E-state index in [0.29, 0.717) is 11.8 Å². The van der Waals surface area contributed by atoms with Crippen molar-refractivity contribution < 1.29 is 9.59 Å². The predicted octanol–water partition coefficient (Wildman–Crippen LogP) is 0.0848. The maximum Gasteiger partial charge on any atom is 0.242 e. The van der Waals surface area contributed by atoms with E-state index >= 15 is 0 Å². The number of carbonyl (C=O) groups is 2. The van der Waals surface area contributed by atoms with Gasteiger partial charge in [0.25, 0.3) is 0 Å². The van der Waals surface area contributed by atoms with Crippen LogP contribution in [0.3, 0.4) is 0 Å². The Morgan fingerprint density at radius 2 is 2.29 bits per heavy atom. The number of nitrogens with one attached hydrogen (secondary N) is 1. The first kappa shape index (κ1) is 11.4. The van der Waals surface area contributed by atoms with Crippen LogP contribution in [0.5, 0.6) is 0 Å². The standard InChI is InChI=1S/C9H16N2O2S/c1-6(14-3)5-11-7(2)9(13)10-4-8(11)12/h6-7H,4-5H2,1-3H3,(H,10,13). The van der Waals surface area contributed by atoms with Crippen molar-refractivity contribution in [2.24, 2.45) is 0 Å². The number of hydrogen-bond acceptors (Lipinski definition) is 3. The number of amides is 2. The molecule has 0 radical (unpaired) electrons. The Morgan fingerprint density at radius 3 is 2.86 bits per heavy atom. The average molecular weight is 216 g/mol. The van der Waals surface area contributed by atoms with Crippen LogP contribution < -0.4 is 5.32 Å². The monoisotopic (exact) mass is 216 g/mol. The summed E-state index contributed by atoms with van der Waals surface area (Å²) in [6.07, 6.45) is 2.00. The molecule has 2 atom stereocenters. The summed E-state index contributed by atoms with van der Waals surface area (Å²) >= 11 is 1.70. The van der Waals surface area contributed by atoms with Crippen LogP contribution in [0.1, 0.15) is 13.8 Å². The molecule has 0 aromatic carbocycles. The lowest BCUT2D eigenvalue weighted by Gasteiger charge is -2.34. The Kier molecular flexibility index (Phi) is 3.80. The summed E-state index contributed by atoms with van der Waals surface area (Å²) in [5.41, 5.74) is 0. The van der Waals surface area contributed by atoms with E-state index in [-0.39, 0.29) is 24.4 Å². The second kappa shape index (κ2) is 4.68. The van der Waals surface area contributed by atoms with Crippen molar-refractivity contribution >= 4 is 23.6 Å². The molecule has 1 N–H and O–H groups in total. The summed E-state index contributed by atoms with van der Waals surface area (Å²) in [4.78, 5) is 24.5. The van der Waals surface area contributed by atoms with E-state index in [2.05, 4.69) is 12.2 Å². The molecule has 0 saturated carbocycles. The van der Waals surface area contributed by atoms with Crippen molar-refractivity contribution in [1.29, 1.82) is 0 Å². The van der Waals surface area contributed by atoms with Gasteiger partial charge in [0, 0.05) is 11.8 Å². The molecule has 1 aliphatic rings. The molecular weight excluding hydrogens is 200 g/mol. The van der Waals surface area contributed by atoms with E-state index in [1.807, 2.05) is 6.26 Å². The Bertz CT molecular complexity index is 245. The van der Waals surface area contributed by atoms with Crippen molar-refractivity contribution in [2.45, 2.75) is 25.1 Å². The fraction of sp³-hybridized carbons (Fsp3) is 0.778. The predicted molar refractivity (Wildman–Crippen MR) is 57.2 cm³/mol. The second-order valence-corrected chi connectivity index (χ2v) is 4.76. The largest absolute Gasteiger partial charge is 0.345 e. The molecule has 80 valence electrons. The van der Waals surface area contributed by atoms with Crippen molar-refractivity contribution in [2.75, 3.05) is 19.3 Å². The number of piperazine rings is 1. The van der Waals surface area contributed by atoms with Gasteiger partial charge in [-0.15, -0.1) is 0 Å². The van der Waals surface area contributed by atoms with Gasteiger partial charge in [-0.05, 0) is 13.2 Å². The van der Waals surface area contributed by atoms with E-state index < -0.39 is 0 Å². The molecule has 0 aromatic heterocycles. The number of rotatable bonds is 3. The van der Waals surface area contributed by atoms with Crippen LogP contribution in [0.25, 0.3) is 0 Å². The summed E-state index contributed by atoms with van der Waals surface area (Å²) < 4.78 is 0. The zero-order valence-corrected chi connectivity index (χ0v) is 9.56. The van der Waals surface area contributed by atoms with Gasteiger partial charge >= 0.3 is 0 Å². The molecule has 5 heteroatoms. The van der Waals surface area contributed by atoms with E-state index in [1.54, 1.807) is 23.6 Å². The highest BCUT2D eigenvalue weighted by Gasteiger charge is 2.31. The fourth-order valence-corrected chi connectivity index (χ4v) is 1.69. The first-order chi connectivity index (χ1) is 6.56. The Balaban J connectivity index is 2.63. The number of thioether (sulfide) groups is 1. The van der Waals surface area contributed by atoms with Gasteiger partial charge in [-0.1, -0.05) is 6.92 Å². The number of carbonyl (C=O) groups excluding carboxylic acids is 2. The third-order valence-corrected chi connectivity index (χ3v) is 3.39. The number of hydrogen-bond donors (Lipinski definition) is 1. The summed E-state index contributed by atoms with van der Waals surface area (Å²) in [6.45, 7) is 4.61. The quantitative estimate of drug-likeness (QED) is 0.727. The highest BCUT2D eigenvalue weighted by Crippen LogP contribution is 2.12. The first-order valence-corrected chi connectivity index (χ1v) is 5.95. The van der Waals surface area contributed by atoms with Crippen LogP contribution in [0.2, 0.25) is 0 Å². The molecule has 1 saturated heterocycles. The minimum atomic E-state index is -0.328. The molecule has 2 amide bonds. The number of nitrogens with zero attached hydrogens (tertiary/aromatic N) is 1. The maximum absolute atomic E-state index is 11.5. The molecule has 0 spiro atoms. The average Bonchev–Trinajstić information content (AvgIpc) is 2.18. The van der Waals surface area contributed by atoms with Crippen LogP contribution in [0.4, 0.5) is 0 Å². The first-order valence-electron chi connectivity index (χ1n) is 4.66. The van der Waals surface area contributed by atoms with Gasteiger partial charge in [-0.25, -0.2) is 0 Å². The van der Waals surface area contributed by atoms with Crippen molar-refractivity contribution in [3.8, 4) is 0 Å². The van der Waals surface area contributed by atoms with Crippen LogP contribution in [0.15, 0.2) is 0 Å². The van der Waals surface area contributed by atoms with Crippen molar-refractivity contribution in [3.05, 3.63) is 0 Å². The van der Waals surface area contributed by atoms with E-state index in [0.717, 1.165) is 0 Å². The van der Waals surface area contributed by atoms with Crippen molar-refractivity contribution in [1.82, 2.24) is 10.2 Å². The van der Waals surface area contributed by atoms with Gasteiger partial charge in [0.15, 0.2) is 0 Å². The zero-order valence-electron chi connectivity index (χ0n) is 8.74. The molecule has 0 aromatic rings. The highest BCUT2D eigenvalue weighted by molar-refractivity contribution is 7.99. The van der Waals surface area contributed by atoms with Crippen LogP contribution >= 0.6 is 11.8 Å². The lowest BCUT2D eigenvalue weighted by atomic mass is 10.2. The lowest BCUT2D eigenvalue weighted by Crippen LogP contribution is -2.58. The molecule has 1 heterocycles. The minimum absolute atomic E-state index is 0.0120. The summed E-state index contributed by atoms with van der Waals surface area (Å²) in [5, 5.41) is 2.93. The van der Waals surface area contributed by atoms with Gasteiger partial charge in [-0.2, -0.15) is 11.8 Å². The molecule has 2 unspecified atom stereocenters. The Labute approximate surface area is 88.4 Å². The summed E-state index contributed by atoms with van der Waals surface area (Å²) in [6, 6.07) is -0.328. The van der Waals surface area contributed by atoms with Gasteiger partial charge in [0.1, 0.15) is 6.04 Å². The second-order valence-electron chi connectivity index (χ2n) is 3.49. The molecule has 0 bridgehead atoms. The summed E-state index contributed by atoms with van der Waals surface area (Å²) in [5.74, 6) is -0.0455. The third kappa shape index (κ3) is 2.41.